The molecule has 2 amide bonds. The van der Waals surface area contributed by atoms with Crippen molar-refractivity contribution in [3.05, 3.63) is 0 Å². The molecular weight excluding hydrogens is 423 g/mol. The molecule has 2 saturated heterocycles. The molecule has 156 valence electrons. The number of hydrogen-bond donors (Lipinski definition) is 2. The summed E-state index contributed by atoms with van der Waals surface area (Å²) in [7, 11) is -9.06. The highest BCUT2D eigenvalue weighted by Crippen LogP contribution is 2.31. The second-order valence-electron chi connectivity index (χ2n) is 5.88. The minimum atomic E-state index is -4.97. The van der Waals surface area contributed by atoms with Gasteiger partial charge in [-0.3, -0.25) is 4.55 Å². The number of amidine groups is 1. The van der Waals surface area contributed by atoms with Crippen LogP contribution in [0.15, 0.2) is 4.40 Å². The van der Waals surface area contributed by atoms with Gasteiger partial charge in [-0.25, -0.2) is 4.79 Å². The largest absolute Gasteiger partial charge is 0.418 e. The van der Waals surface area contributed by atoms with Gasteiger partial charge in [0.25, 0.3) is 0 Å². The molecule has 12 nitrogen and oxygen atoms in total. The molecule has 0 aromatic carbocycles. The van der Waals surface area contributed by atoms with Gasteiger partial charge in [0.1, 0.15) is 12.4 Å². The highest BCUT2D eigenvalue weighted by atomic mass is 32.3. The number of halogens is 3. The molecule has 2 bridgehead atoms. The molecule has 0 radical (unpaired) electrons. The SMILES string of the molecule is CN(CC(F)(F)F)S(=O)(=O)N=C(N)[C@@H]1CC[C@@H]2CN1C(=O)N2OS(=O)(=O)O. The number of alkyl halides is 3. The second-order valence-corrected chi connectivity index (χ2v) is 8.58. The molecule has 2 atom stereocenters. The van der Waals surface area contributed by atoms with Crippen molar-refractivity contribution >= 4 is 32.5 Å². The lowest BCUT2D eigenvalue weighted by molar-refractivity contribution is -0.134. The van der Waals surface area contributed by atoms with Gasteiger partial charge in [-0.2, -0.15) is 39.4 Å². The number of hydrogen-bond acceptors (Lipinski definition) is 6. The smallest absolute Gasteiger partial charge is 0.385 e. The van der Waals surface area contributed by atoms with E-state index >= 15 is 0 Å². The van der Waals surface area contributed by atoms with E-state index in [9.17, 15) is 34.8 Å². The molecule has 17 heteroatoms. The van der Waals surface area contributed by atoms with Crippen molar-refractivity contribution in [1.82, 2.24) is 14.3 Å². The van der Waals surface area contributed by atoms with E-state index in [0.29, 0.717) is 12.1 Å². The first-order valence-electron chi connectivity index (χ1n) is 7.26. The van der Waals surface area contributed by atoms with Crippen LogP contribution in [-0.2, 0) is 24.9 Å². The zero-order valence-electron chi connectivity index (χ0n) is 13.7. The second kappa shape index (κ2) is 7.04. The van der Waals surface area contributed by atoms with Crippen LogP contribution < -0.4 is 5.73 Å². The van der Waals surface area contributed by atoms with Crippen LogP contribution in [0, 0.1) is 0 Å². The molecule has 27 heavy (non-hydrogen) atoms. The van der Waals surface area contributed by atoms with E-state index in [-0.39, 0.29) is 23.7 Å². The maximum atomic E-state index is 12.4. The number of carbonyl (C=O) groups is 1. The quantitative estimate of drug-likeness (QED) is 0.305. The molecule has 2 fully saturated rings. The van der Waals surface area contributed by atoms with E-state index in [1.165, 1.54) is 0 Å². The summed E-state index contributed by atoms with van der Waals surface area (Å²) in [5.41, 5.74) is 5.60. The number of amides is 2. The molecule has 0 aromatic rings. The van der Waals surface area contributed by atoms with Crippen LogP contribution in [0.2, 0.25) is 0 Å². The van der Waals surface area contributed by atoms with Gasteiger partial charge in [0.2, 0.25) is 0 Å². The van der Waals surface area contributed by atoms with Crippen molar-refractivity contribution in [2.24, 2.45) is 10.1 Å². The van der Waals surface area contributed by atoms with Crippen LogP contribution in [-0.4, -0.2) is 85.9 Å². The molecule has 3 N–H and O–H groups in total. The summed E-state index contributed by atoms with van der Waals surface area (Å²) in [4.78, 5) is 13.2. The highest BCUT2D eigenvalue weighted by Gasteiger charge is 2.48. The van der Waals surface area contributed by atoms with E-state index in [2.05, 4.69) is 8.68 Å². The molecular formula is C10H16F3N5O7S2. The molecule has 0 unspecified atom stereocenters. The Kier molecular flexibility index (Phi) is 5.64. The van der Waals surface area contributed by atoms with Crippen molar-refractivity contribution < 1.29 is 43.6 Å². The fraction of sp³-hybridized carbons (Fsp3) is 0.800. The Morgan fingerprint density at radius 2 is 1.96 bits per heavy atom. The van der Waals surface area contributed by atoms with Crippen molar-refractivity contribution in [3.63, 3.8) is 0 Å². The van der Waals surface area contributed by atoms with Crippen LogP contribution >= 0.6 is 0 Å². The first-order chi connectivity index (χ1) is 12.1. The average Bonchev–Trinajstić information content (AvgIpc) is 2.68. The number of nitrogens with two attached hydrogens (primary N) is 1. The summed E-state index contributed by atoms with van der Waals surface area (Å²) in [6.07, 6.45) is -4.62. The molecule has 2 aliphatic heterocycles. The third kappa shape index (κ3) is 5.18. The van der Waals surface area contributed by atoms with Crippen molar-refractivity contribution in [2.45, 2.75) is 31.1 Å². The molecule has 0 saturated carbocycles. The average molecular weight is 439 g/mol. The Balaban J connectivity index is 2.19. The monoisotopic (exact) mass is 439 g/mol. The Bertz CT molecular complexity index is 844. The predicted molar refractivity (Wildman–Crippen MR) is 82.6 cm³/mol. The topological polar surface area (TPSA) is 163 Å². The molecule has 0 aromatic heterocycles. The maximum Gasteiger partial charge on any atom is 0.418 e. The van der Waals surface area contributed by atoms with Crippen molar-refractivity contribution in [1.29, 1.82) is 0 Å². The minimum Gasteiger partial charge on any atom is -0.385 e. The van der Waals surface area contributed by atoms with Gasteiger partial charge in [0, 0.05) is 13.6 Å². The molecule has 2 rings (SSSR count). The first kappa shape index (κ1) is 21.6. The van der Waals surface area contributed by atoms with E-state index in [1.807, 2.05) is 0 Å². The number of fused-ring (bicyclic) bond motifs is 2. The zero-order chi connectivity index (χ0) is 20.8. The third-order valence-electron chi connectivity index (χ3n) is 3.86. The summed E-state index contributed by atoms with van der Waals surface area (Å²) < 4.78 is 98.5. The first-order valence-corrected chi connectivity index (χ1v) is 10.0. The lowest BCUT2D eigenvalue weighted by Crippen LogP contribution is -2.49. The van der Waals surface area contributed by atoms with E-state index in [0.717, 1.165) is 4.90 Å². The summed E-state index contributed by atoms with van der Waals surface area (Å²) in [6, 6.07) is -2.86. The normalized spacial score (nSPS) is 24.8. The Morgan fingerprint density at radius 3 is 2.48 bits per heavy atom. The number of piperidine rings is 1. The maximum absolute atomic E-state index is 12.4. The van der Waals surface area contributed by atoms with Crippen LogP contribution in [0.1, 0.15) is 12.8 Å². The fourth-order valence-corrected chi connectivity index (χ4v) is 3.96. The minimum absolute atomic E-state index is 0.0506. The van der Waals surface area contributed by atoms with Crippen LogP contribution in [0.4, 0.5) is 18.0 Å². The lowest BCUT2D eigenvalue weighted by Gasteiger charge is -2.29. The van der Waals surface area contributed by atoms with E-state index in [1.54, 1.807) is 0 Å². The third-order valence-corrected chi connectivity index (χ3v) is 5.56. The molecule has 2 aliphatic rings. The standard InChI is InChI=1S/C10H16F3N5O7S2/c1-16(5-10(11,12)13)26(20,21)15-8(14)7-3-2-6-4-17(7)9(19)18(6)25-27(22,23)24/h6-7H,2-5H2,1H3,(H2,14,15)(H,22,23,24)/t6-,7+/m1/s1. The van der Waals surface area contributed by atoms with Crippen molar-refractivity contribution in [2.75, 3.05) is 20.1 Å². The Labute approximate surface area is 152 Å². The number of urea groups is 1. The van der Waals surface area contributed by atoms with Crippen LogP contribution in [0.25, 0.3) is 0 Å². The van der Waals surface area contributed by atoms with Gasteiger partial charge in [-0.05, 0) is 12.8 Å². The molecule has 0 aliphatic carbocycles. The summed E-state index contributed by atoms with van der Waals surface area (Å²) in [5.74, 6) is -0.635. The number of hydroxylamine groups is 2. The van der Waals surface area contributed by atoms with Gasteiger partial charge >= 0.3 is 32.8 Å². The van der Waals surface area contributed by atoms with E-state index in [4.69, 9.17) is 10.3 Å². The van der Waals surface area contributed by atoms with Crippen LogP contribution in [0.3, 0.4) is 0 Å². The van der Waals surface area contributed by atoms with Gasteiger partial charge in [0.15, 0.2) is 0 Å². The van der Waals surface area contributed by atoms with Crippen molar-refractivity contribution in [3.8, 4) is 0 Å². The van der Waals surface area contributed by atoms with Gasteiger partial charge in [0.05, 0.1) is 12.1 Å². The number of nitrogens with zero attached hydrogens (tertiary/aromatic N) is 4. The lowest BCUT2D eigenvalue weighted by atomic mass is 10.0. The van der Waals surface area contributed by atoms with E-state index < -0.39 is 57.3 Å². The zero-order valence-corrected chi connectivity index (χ0v) is 15.3. The van der Waals surface area contributed by atoms with Gasteiger partial charge < -0.3 is 10.6 Å². The fourth-order valence-electron chi connectivity index (χ4n) is 2.74. The Morgan fingerprint density at radius 1 is 1.37 bits per heavy atom. The molecule has 2 heterocycles. The predicted octanol–water partition coefficient (Wildman–Crippen LogP) is -0.914. The number of rotatable bonds is 6. The summed E-state index contributed by atoms with van der Waals surface area (Å²) >= 11 is 0. The van der Waals surface area contributed by atoms with Gasteiger partial charge in [-0.15, -0.1) is 8.68 Å². The number of carbonyl (C=O) groups excluding carboxylic acids is 1. The highest BCUT2D eigenvalue weighted by molar-refractivity contribution is 7.87. The van der Waals surface area contributed by atoms with Gasteiger partial charge in [-0.1, -0.05) is 0 Å². The Hall–Kier alpha value is -1.69. The van der Waals surface area contributed by atoms with Crippen LogP contribution in [0.5, 0.6) is 0 Å². The molecule has 0 spiro atoms. The summed E-state index contributed by atoms with van der Waals surface area (Å²) in [6.45, 7) is -1.88. The summed E-state index contributed by atoms with van der Waals surface area (Å²) in [5, 5.41) is 0.410.